The van der Waals surface area contributed by atoms with Gasteiger partial charge in [0.2, 0.25) is 0 Å². The van der Waals surface area contributed by atoms with Gasteiger partial charge in [0.05, 0.1) is 0 Å². The van der Waals surface area contributed by atoms with Gasteiger partial charge in [0, 0.05) is 34.1 Å². The first-order valence-corrected chi connectivity index (χ1v) is 16.1. The van der Waals surface area contributed by atoms with Crippen LogP contribution in [-0.4, -0.2) is 0 Å². The molecule has 0 aromatic heterocycles. The van der Waals surface area contributed by atoms with E-state index in [1.807, 2.05) is 109 Å². The van der Waals surface area contributed by atoms with Crippen molar-refractivity contribution >= 4 is 46.3 Å². The van der Waals surface area contributed by atoms with Gasteiger partial charge < -0.3 is 34.4 Å². The van der Waals surface area contributed by atoms with Crippen molar-refractivity contribution in [2.45, 2.75) is 31.1 Å². The summed E-state index contributed by atoms with van der Waals surface area (Å²) in [6.07, 6.45) is 4.09. The van der Waals surface area contributed by atoms with Crippen LogP contribution in [0.4, 0.5) is 34.1 Å². The Bertz CT molecular complexity index is 1690. The van der Waals surface area contributed by atoms with E-state index in [-0.39, 0.29) is 7.43 Å². The summed E-state index contributed by atoms with van der Waals surface area (Å²) in [5, 5.41) is 0. The van der Waals surface area contributed by atoms with Gasteiger partial charge in [-0.1, -0.05) is 92.4 Å². The summed E-state index contributed by atoms with van der Waals surface area (Å²) in [5.41, 5.74) is 47.3. The van der Waals surface area contributed by atoms with Crippen LogP contribution in [0.5, 0.6) is 0 Å². The first kappa shape index (κ1) is 34.2. The van der Waals surface area contributed by atoms with Gasteiger partial charge in [-0.15, -0.1) is 0 Å². The van der Waals surface area contributed by atoms with Crippen LogP contribution in [0.15, 0.2) is 146 Å². The molecule has 6 aromatic carbocycles. The van der Waals surface area contributed by atoms with Crippen molar-refractivity contribution in [3.63, 3.8) is 0 Å². The van der Waals surface area contributed by atoms with Crippen LogP contribution in [-0.2, 0) is 0 Å². The van der Waals surface area contributed by atoms with Gasteiger partial charge in [0.25, 0.3) is 0 Å². The molecule has 7 rings (SSSR count). The maximum absolute atomic E-state index is 6.00. The summed E-state index contributed by atoms with van der Waals surface area (Å²) in [5.74, 6) is 1.19. The second-order valence-corrected chi connectivity index (χ2v) is 12.4. The van der Waals surface area contributed by atoms with E-state index in [0.717, 1.165) is 45.3 Å². The number of benzene rings is 6. The molecule has 248 valence electrons. The Labute approximate surface area is 290 Å². The summed E-state index contributed by atoms with van der Waals surface area (Å²) < 4.78 is 0. The quantitative estimate of drug-likeness (QED) is 0.0783. The van der Waals surface area contributed by atoms with E-state index in [1.165, 1.54) is 22.3 Å². The fraction of sp³-hybridized carbons (Fsp3) is 0.116. The molecule has 0 bridgehead atoms. The van der Waals surface area contributed by atoms with Gasteiger partial charge in [0.15, 0.2) is 0 Å². The van der Waals surface area contributed by atoms with Crippen LogP contribution >= 0.6 is 0 Å². The molecule has 0 aliphatic heterocycles. The van der Waals surface area contributed by atoms with Crippen LogP contribution in [0.1, 0.15) is 64.5 Å². The molecule has 0 unspecified atom stereocenters. The van der Waals surface area contributed by atoms with Crippen LogP contribution in [0, 0.1) is 0 Å². The van der Waals surface area contributed by atoms with E-state index < -0.39 is 0 Å². The molecule has 0 amide bonds. The highest BCUT2D eigenvalue weighted by Gasteiger charge is 2.52. The molecule has 12 N–H and O–H groups in total. The van der Waals surface area contributed by atoms with Crippen molar-refractivity contribution in [2.75, 3.05) is 34.4 Å². The maximum Gasteiger partial charge on any atom is 0.0314 e. The van der Waals surface area contributed by atoms with E-state index in [0.29, 0.717) is 23.7 Å². The molecule has 6 aromatic rings. The lowest BCUT2D eigenvalue weighted by atomic mass is 9.49. The lowest BCUT2D eigenvalue weighted by molar-refractivity contribution is 0.229. The lowest BCUT2D eigenvalue weighted by Crippen LogP contribution is -2.40. The highest BCUT2D eigenvalue weighted by Crippen LogP contribution is 2.66. The zero-order chi connectivity index (χ0) is 33.6. The molecule has 6 nitrogen and oxygen atoms in total. The highest BCUT2D eigenvalue weighted by molar-refractivity contribution is 5.71. The Kier molecular flexibility index (Phi) is 10.6. The van der Waals surface area contributed by atoms with Gasteiger partial charge >= 0.3 is 0 Å². The average molecular weight is 647 g/mol. The second-order valence-electron chi connectivity index (χ2n) is 12.4. The number of rotatable bonds is 6. The number of nitrogen functional groups attached to an aromatic ring is 6. The Balaban J connectivity index is 0.000000233. The molecule has 1 aliphatic carbocycles. The average Bonchev–Trinajstić information content (AvgIpc) is 3.09. The molecular formula is C43H46N6. The SMILES string of the molecule is C.Nc1ccc(/C=C/c2ccc(N)cc2)cc1.Nc1ccc(C2C(c3ccc(N)cc3)C(c3ccc(N)cc3)C2c2ccc(N)cc2)cc1. The van der Waals surface area contributed by atoms with Crippen LogP contribution in [0.3, 0.4) is 0 Å². The van der Waals surface area contributed by atoms with Crippen molar-refractivity contribution in [1.29, 1.82) is 0 Å². The molecule has 0 spiro atoms. The van der Waals surface area contributed by atoms with Gasteiger partial charge in [-0.2, -0.15) is 0 Å². The van der Waals surface area contributed by atoms with E-state index in [9.17, 15) is 0 Å². The first-order valence-electron chi connectivity index (χ1n) is 16.1. The maximum atomic E-state index is 6.00. The Morgan fingerprint density at radius 1 is 0.265 bits per heavy atom. The summed E-state index contributed by atoms with van der Waals surface area (Å²) >= 11 is 0. The van der Waals surface area contributed by atoms with Crippen molar-refractivity contribution in [3.05, 3.63) is 179 Å². The molecular weight excluding hydrogens is 601 g/mol. The Hall–Kier alpha value is -6.14. The zero-order valence-corrected chi connectivity index (χ0v) is 26.8. The number of hydrogen-bond donors (Lipinski definition) is 6. The van der Waals surface area contributed by atoms with Crippen molar-refractivity contribution in [3.8, 4) is 0 Å². The smallest absolute Gasteiger partial charge is 0.0314 e. The molecule has 0 radical (unpaired) electrons. The minimum Gasteiger partial charge on any atom is -0.399 e. The van der Waals surface area contributed by atoms with Crippen LogP contribution in [0.2, 0.25) is 0 Å². The molecule has 49 heavy (non-hydrogen) atoms. The summed E-state index contributed by atoms with van der Waals surface area (Å²) in [6, 6.07) is 48.7. The molecule has 6 heteroatoms. The zero-order valence-electron chi connectivity index (χ0n) is 26.8. The van der Waals surface area contributed by atoms with E-state index >= 15 is 0 Å². The third-order valence-electron chi connectivity index (χ3n) is 9.17. The standard InChI is InChI=1S/C28H28N4.C14H14N2.CH4/c29-21-9-1-17(2-10-21)25-26(18-3-11-22(30)12-4-18)28(20-7-15-24(32)16-8-20)27(25)19-5-13-23(31)14-6-19;15-13-7-3-11(4-8-13)1-2-12-5-9-14(16)10-6-12;/h1-16,25-28H,29-32H2;1-10H,15-16H2;1H4/b;2-1+;. The van der Waals surface area contributed by atoms with Crippen LogP contribution < -0.4 is 34.4 Å². The normalized spacial score (nSPS) is 18.0. The predicted molar refractivity (Wildman–Crippen MR) is 212 cm³/mol. The molecule has 1 saturated carbocycles. The minimum atomic E-state index is 0. The van der Waals surface area contributed by atoms with Crippen LogP contribution in [0.25, 0.3) is 12.2 Å². The molecule has 0 heterocycles. The minimum absolute atomic E-state index is 0. The van der Waals surface area contributed by atoms with Crippen molar-refractivity contribution in [1.82, 2.24) is 0 Å². The summed E-state index contributed by atoms with van der Waals surface area (Å²) in [4.78, 5) is 0. The third-order valence-corrected chi connectivity index (χ3v) is 9.17. The van der Waals surface area contributed by atoms with Gasteiger partial charge in [-0.05, 0) is 130 Å². The van der Waals surface area contributed by atoms with E-state index in [1.54, 1.807) is 0 Å². The fourth-order valence-corrected chi connectivity index (χ4v) is 6.69. The topological polar surface area (TPSA) is 156 Å². The lowest BCUT2D eigenvalue weighted by Gasteiger charge is -2.54. The number of nitrogens with two attached hydrogens (primary N) is 6. The fourth-order valence-electron chi connectivity index (χ4n) is 6.69. The van der Waals surface area contributed by atoms with E-state index in [2.05, 4.69) is 48.5 Å². The molecule has 1 fully saturated rings. The third kappa shape index (κ3) is 8.06. The summed E-state index contributed by atoms with van der Waals surface area (Å²) in [6.45, 7) is 0. The molecule has 1 aliphatic rings. The number of hydrogen-bond acceptors (Lipinski definition) is 6. The van der Waals surface area contributed by atoms with Gasteiger partial charge in [-0.25, -0.2) is 0 Å². The van der Waals surface area contributed by atoms with Gasteiger partial charge in [0.1, 0.15) is 0 Å². The van der Waals surface area contributed by atoms with Crippen molar-refractivity contribution < 1.29 is 0 Å². The van der Waals surface area contributed by atoms with Crippen molar-refractivity contribution in [2.24, 2.45) is 0 Å². The molecule has 0 atom stereocenters. The number of anilines is 6. The molecule has 0 saturated heterocycles. The first-order chi connectivity index (χ1) is 23.2. The Morgan fingerprint density at radius 2 is 0.429 bits per heavy atom. The Morgan fingerprint density at radius 3 is 0.612 bits per heavy atom. The predicted octanol–water partition coefficient (Wildman–Crippen LogP) is 9.12. The van der Waals surface area contributed by atoms with E-state index in [4.69, 9.17) is 34.4 Å². The monoisotopic (exact) mass is 646 g/mol. The second kappa shape index (κ2) is 15.2. The highest BCUT2D eigenvalue weighted by atomic mass is 14.6. The summed E-state index contributed by atoms with van der Waals surface area (Å²) in [7, 11) is 0. The largest absolute Gasteiger partial charge is 0.399 e. The van der Waals surface area contributed by atoms with Gasteiger partial charge in [-0.3, -0.25) is 0 Å².